The van der Waals surface area contributed by atoms with Crippen LogP contribution in [0.1, 0.15) is 67.0 Å². The minimum Gasteiger partial charge on any atom is -0.348 e. The molecule has 2 saturated carbocycles. The van der Waals surface area contributed by atoms with Gasteiger partial charge in [-0.15, -0.1) is 0 Å². The highest BCUT2D eigenvalue weighted by Crippen LogP contribution is 2.58. The van der Waals surface area contributed by atoms with Gasteiger partial charge in [0.1, 0.15) is 17.4 Å². The number of aromatic amines is 1. The highest BCUT2D eigenvalue weighted by molar-refractivity contribution is 5.94. The number of nitriles is 1. The molecular weight excluding hydrogens is 498 g/mol. The summed E-state index contributed by atoms with van der Waals surface area (Å²) >= 11 is 0. The van der Waals surface area contributed by atoms with E-state index in [2.05, 4.69) is 30.2 Å². The van der Waals surface area contributed by atoms with Gasteiger partial charge in [0.2, 0.25) is 5.95 Å². The average Bonchev–Trinajstić information content (AvgIpc) is 3.66. The number of nitrogens with one attached hydrogen (secondary N) is 2. The maximum atomic E-state index is 14.7. The Kier molecular flexibility index (Phi) is 5.59. The van der Waals surface area contributed by atoms with Crippen LogP contribution >= 0.6 is 0 Å². The van der Waals surface area contributed by atoms with E-state index in [0.717, 1.165) is 36.4 Å². The van der Waals surface area contributed by atoms with Crippen molar-refractivity contribution in [2.75, 3.05) is 5.32 Å². The summed E-state index contributed by atoms with van der Waals surface area (Å²) in [6.45, 7) is 1.90. The molecular formula is C27H23F4N7. The van der Waals surface area contributed by atoms with Gasteiger partial charge in [0.25, 0.3) is 0 Å². The predicted octanol–water partition coefficient (Wildman–Crippen LogP) is 6.47. The number of alkyl halides is 4. The largest absolute Gasteiger partial charge is 0.417 e. The first-order valence-corrected chi connectivity index (χ1v) is 12.4. The van der Waals surface area contributed by atoms with Gasteiger partial charge in [-0.2, -0.15) is 18.4 Å². The Morgan fingerprint density at radius 1 is 1.13 bits per heavy atom. The molecule has 0 spiro atoms. The number of rotatable bonds is 6. The van der Waals surface area contributed by atoms with Gasteiger partial charge in [0.15, 0.2) is 0 Å². The van der Waals surface area contributed by atoms with E-state index in [-0.39, 0.29) is 46.1 Å². The molecule has 1 atom stereocenters. The number of anilines is 1. The van der Waals surface area contributed by atoms with Crippen molar-refractivity contribution in [3.05, 3.63) is 65.4 Å². The monoisotopic (exact) mass is 521 g/mol. The molecule has 0 aromatic carbocycles. The Hall–Kier alpha value is -4.07. The number of hydrogen-bond acceptors (Lipinski definition) is 6. The smallest absolute Gasteiger partial charge is 0.348 e. The van der Waals surface area contributed by atoms with Crippen LogP contribution in [-0.4, -0.2) is 30.6 Å². The summed E-state index contributed by atoms with van der Waals surface area (Å²) in [6, 6.07) is 6.59. The topological polar surface area (TPSA) is 103 Å². The van der Waals surface area contributed by atoms with Crippen molar-refractivity contribution in [1.82, 2.24) is 24.9 Å². The fourth-order valence-corrected chi connectivity index (χ4v) is 5.19. The van der Waals surface area contributed by atoms with E-state index in [1.165, 1.54) is 12.4 Å². The lowest BCUT2D eigenvalue weighted by Crippen LogP contribution is -2.40. The first-order valence-electron chi connectivity index (χ1n) is 12.4. The van der Waals surface area contributed by atoms with Crippen LogP contribution in [0.4, 0.5) is 23.5 Å². The van der Waals surface area contributed by atoms with Crippen LogP contribution < -0.4 is 5.32 Å². The fourth-order valence-electron chi connectivity index (χ4n) is 5.19. The summed E-state index contributed by atoms with van der Waals surface area (Å²) in [6.07, 6.45) is 3.81. The number of halogens is 4. The second-order valence-electron chi connectivity index (χ2n) is 10.2. The zero-order valence-electron chi connectivity index (χ0n) is 20.3. The van der Waals surface area contributed by atoms with E-state index in [4.69, 9.17) is 0 Å². The molecule has 11 heteroatoms. The van der Waals surface area contributed by atoms with Crippen molar-refractivity contribution < 1.29 is 17.6 Å². The molecule has 0 aliphatic heterocycles. The molecule has 7 nitrogen and oxygen atoms in total. The third-order valence-corrected chi connectivity index (χ3v) is 7.58. The lowest BCUT2D eigenvalue weighted by Gasteiger charge is -2.41. The van der Waals surface area contributed by atoms with E-state index in [9.17, 15) is 22.8 Å². The van der Waals surface area contributed by atoms with Gasteiger partial charge in [-0.3, -0.25) is 4.98 Å². The number of aromatic nitrogens is 5. The number of nitrogens with zero attached hydrogens (tertiary/aromatic N) is 5. The Bertz CT molecular complexity index is 1540. The van der Waals surface area contributed by atoms with E-state index < -0.39 is 17.4 Å². The minimum absolute atomic E-state index is 0.114. The zero-order chi connectivity index (χ0) is 26.7. The second-order valence-corrected chi connectivity index (χ2v) is 10.2. The van der Waals surface area contributed by atoms with Gasteiger partial charge >= 0.3 is 6.18 Å². The predicted molar refractivity (Wildman–Crippen MR) is 132 cm³/mol. The van der Waals surface area contributed by atoms with Gasteiger partial charge in [-0.1, -0.05) is 6.07 Å². The highest BCUT2D eigenvalue weighted by atomic mass is 19.4. The van der Waals surface area contributed by atoms with Crippen LogP contribution in [0.2, 0.25) is 0 Å². The first kappa shape index (κ1) is 24.3. The Labute approximate surface area is 215 Å². The van der Waals surface area contributed by atoms with Crippen molar-refractivity contribution in [2.45, 2.75) is 56.4 Å². The number of hydrogen-bond donors (Lipinski definition) is 2. The van der Waals surface area contributed by atoms with Gasteiger partial charge < -0.3 is 10.3 Å². The third-order valence-electron chi connectivity index (χ3n) is 7.58. The lowest BCUT2D eigenvalue weighted by atomic mass is 9.68. The van der Waals surface area contributed by atoms with Crippen LogP contribution in [0, 0.1) is 17.2 Å². The maximum absolute atomic E-state index is 14.7. The highest BCUT2D eigenvalue weighted by Gasteiger charge is 2.55. The molecule has 1 unspecified atom stereocenters. The quantitative estimate of drug-likeness (QED) is 0.282. The first-order chi connectivity index (χ1) is 18.1. The Morgan fingerprint density at radius 2 is 1.92 bits per heavy atom. The maximum Gasteiger partial charge on any atom is 0.417 e. The van der Waals surface area contributed by atoms with Crippen LogP contribution in [0.5, 0.6) is 0 Å². The van der Waals surface area contributed by atoms with Gasteiger partial charge in [0.05, 0.1) is 29.1 Å². The molecule has 6 rings (SSSR count). The molecule has 2 N–H and O–H groups in total. The van der Waals surface area contributed by atoms with E-state index in [0.29, 0.717) is 18.4 Å². The molecule has 4 aromatic heterocycles. The second kappa shape index (κ2) is 8.75. The fraction of sp³-hybridized carbons (Fsp3) is 0.370. The molecule has 2 aliphatic rings. The van der Waals surface area contributed by atoms with Crippen LogP contribution in [0.3, 0.4) is 0 Å². The molecule has 194 valence electrons. The number of H-pyrrole nitrogens is 1. The Morgan fingerprint density at radius 3 is 2.58 bits per heavy atom. The Balaban J connectivity index is 1.22. The molecule has 0 amide bonds. The summed E-state index contributed by atoms with van der Waals surface area (Å²) < 4.78 is 54.5. The SMILES string of the molecule is CC(Nc1ncc(C#N)c(-c2c[nH]c3ncc(C(F)(F)F)cc23)n1)c1ccc(C2CC(F)(C3CC3)C2)nc1. The lowest BCUT2D eigenvalue weighted by molar-refractivity contribution is -0.137. The molecule has 0 saturated heterocycles. The summed E-state index contributed by atoms with van der Waals surface area (Å²) in [5.41, 5.74) is 0.706. The zero-order valence-corrected chi connectivity index (χ0v) is 20.3. The van der Waals surface area contributed by atoms with E-state index in [1.54, 1.807) is 6.20 Å². The van der Waals surface area contributed by atoms with Crippen molar-refractivity contribution in [3.8, 4) is 17.3 Å². The molecule has 2 fully saturated rings. The van der Waals surface area contributed by atoms with Crippen molar-refractivity contribution in [3.63, 3.8) is 0 Å². The number of fused-ring (bicyclic) bond motifs is 1. The normalized spacial score (nSPS) is 22.1. The van der Waals surface area contributed by atoms with E-state index >= 15 is 0 Å². The summed E-state index contributed by atoms with van der Waals surface area (Å²) in [4.78, 5) is 19.9. The van der Waals surface area contributed by atoms with Gasteiger partial charge in [-0.05, 0) is 56.2 Å². The average molecular weight is 522 g/mol. The van der Waals surface area contributed by atoms with Crippen molar-refractivity contribution in [1.29, 1.82) is 5.26 Å². The molecule has 0 radical (unpaired) electrons. The molecule has 2 aliphatic carbocycles. The minimum atomic E-state index is -4.56. The summed E-state index contributed by atoms with van der Waals surface area (Å²) in [5, 5.41) is 13.0. The molecule has 38 heavy (non-hydrogen) atoms. The molecule has 4 heterocycles. The van der Waals surface area contributed by atoms with E-state index in [1.807, 2.05) is 25.1 Å². The molecule has 0 bridgehead atoms. The van der Waals surface area contributed by atoms with Crippen LogP contribution in [0.15, 0.2) is 43.0 Å². The third kappa shape index (κ3) is 4.34. The molecule has 4 aromatic rings. The van der Waals surface area contributed by atoms with Gasteiger partial charge in [0, 0.05) is 41.2 Å². The summed E-state index contributed by atoms with van der Waals surface area (Å²) in [7, 11) is 0. The summed E-state index contributed by atoms with van der Waals surface area (Å²) in [5.74, 6) is 0.577. The van der Waals surface area contributed by atoms with Crippen LogP contribution in [0.25, 0.3) is 22.3 Å². The van der Waals surface area contributed by atoms with Gasteiger partial charge in [-0.25, -0.2) is 19.3 Å². The van der Waals surface area contributed by atoms with Crippen molar-refractivity contribution >= 4 is 17.0 Å². The van der Waals surface area contributed by atoms with Crippen LogP contribution in [-0.2, 0) is 6.18 Å². The number of pyridine rings is 2. The standard InChI is InChI=1S/C27H23F4N7/c1-14(15-2-5-22(33-10-15)16-7-26(28,8-16)18-3-4-18)37-25-36-11-17(9-32)23(38-25)21-13-35-24-20(21)6-19(12-34-24)27(29,30)31/h2,5-6,10-14,16,18H,3-4,7-8H2,1H3,(H,34,35)(H,36,37,38). The van der Waals surface area contributed by atoms with Crippen molar-refractivity contribution in [2.24, 2.45) is 5.92 Å².